The molecule has 6 heteroatoms. The first-order chi connectivity index (χ1) is 10.6. The van der Waals surface area contributed by atoms with Crippen LogP contribution in [0.25, 0.3) is 0 Å². The first-order valence-electron chi connectivity index (χ1n) is 7.22. The van der Waals surface area contributed by atoms with E-state index in [9.17, 15) is 4.79 Å². The van der Waals surface area contributed by atoms with E-state index in [1.165, 1.54) is 0 Å². The number of benzene rings is 1. The zero-order valence-electron chi connectivity index (χ0n) is 13.6. The van der Waals surface area contributed by atoms with Crippen molar-refractivity contribution >= 4 is 18.3 Å². The first kappa shape index (κ1) is 19.1. The zero-order chi connectivity index (χ0) is 15.9. The molecule has 2 rings (SSSR count). The molecule has 0 saturated carbocycles. The number of likely N-dealkylation sites (N-methyl/N-ethyl adjacent to an activating group) is 1. The Kier molecular flexibility index (Phi) is 7.65. The summed E-state index contributed by atoms with van der Waals surface area (Å²) >= 11 is 0. The van der Waals surface area contributed by atoms with Crippen LogP contribution in [0.15, 0.2) is 47.1 Å². The Bertz CT molecular complexity index is 582. The Morgan fingerprint density at radius 3 is 2.52 bits per heavy atom. The molecule has 1 aromatic heterocycles. The highest BCUT2D eigenvalue weighted by Gasteiger charge is 2.17. The molecule has 0 saturated heterocycles. The van der Waals surface area contributed by atoms with E-state index >= 15 is 0 Å². The van der Waals surface area contributed by atoms with Crippen LogP contribution in [0.2, 0.25) is 0 Å². The first-order valence-corrected chi connectivity index (χ1v) is 7.22. The molecule has 1 amide bonds. The third-order valence-corrected chi connectivity index (χ3v) is 3.38. The monoisotopic (exact) mass is 338 g/mol. The summed E-state index contributed by atoms with van der Waals surface area (Å²) in [5.74, 6) is 1.36. The Balaban J connectivity index is 0.00000264. The fourth-order valence-corrected chi connectivity index (χ4v) is 2.06. The van der Waals surface area contributed by atoms with E-state index in [1.54, 1.807) is 6.26 Å². The van der Waals surface area contributed by atoms with Gasteiger partial charge in [-0.2, -0.15) is 0 Å². The van der Waals surface area contributed by atoms with Crippen molar-refractivity contribution in [1.82, 2.24) is 10.2 Å². The second-order valence-electron chi connectivity index (χ2n) is 5.40. The van der Waals surface area contributed by atoms with Crippen LogP contribution in [-0.4, -0.2) is 38.1 Å². The average molecular weight is 339 g/mol. The van der Waals surface area contributed by atoms with E-state index in [-0.39, 0.29) is 31.0 Å². The van der Waals surface area contributed by atoms with Crippen LogP contribution in [0.3, 0.4) is 0 Å². The van der Waals surface area contributed by atoms with Crippen LogP contribution < -0.4 is 10.1 Å². The van der Waals surface area contributed by atoms with Gasteiger partial charge < -0.3 is 14.5 Å². The fourth-order valence-electron chi connectivity index (χ4n) is 2.06. The Morgan fingerprint density at radius 1 is 1.26 bits per heavy atom. The summed E-state index contributed by atoms with van der Waals surface area (Å²) in [5, 5.41) is 2.87. The van der Waals surface area contributed by atoms with E-state index in [0.717, 1.165) is 11.3 Å². The quantitative estimate of drug-likeness (QED) is 0.843. The lowest BCUT2D eigenvalue weighted by molar-refractivity contribution is -0.123. The van der Waals surface area contributed by atoms with Gasteiger partial charge in [0.2, 0.25) is 0 Å². The van der Waals surface area contributed by atoms with Crippen molar-refractivity contribution in [3.63, 3.8) is 0 Å². The van der Waals surface area contributed by atoms with Crippen LogP contribution in [-0.2, 0) is 4.79 Å². The van der Waals surface area contributed by atoms with Gasteiger partial charge in [0, 0.05) is 6.54 Å². The molecule has 0 aliphatic carbocycles. The molecule has 0 radical (unpaired) electrons. The lowest BCUT2D eigenvalue weighted by atomic mass is 10.2. The van der Waals surface area contributed by atoms with Gasteiger partial charge in [0.25, 0.3) is 5.91 Å². The molecule has 0 bridgehead atoms. The summed E-state index contributed by atoms with van der Waals surface area (Å²) in [4.78, 5) is 13.9. The summed E-state index contributed by atoms with van der Waals surface area (Å²) in [7, 11) is 3.89. The van der Waals surface area contributed by atoms with Gasteiger partial charge in [-0.15, -0.1) is 12.4 Å². The second kappa shape index (κ2) is 9.22. The fraction of sp³-hybridized carbons (Fsp3) is 0.353. The maximum atomic E-state index is 11.9. The van der Waals surface area contributed by atoms with Gasteiger partial charge >= 0.3 is 0 Å². The number of furan rings is 1. The molecule has 0 fully saturated rings. The van der Waals surface area contributed by atoms with Gasteiger partial charge in [0.1, 0.15) is 11.5 Å². The number of hydrogen-bond donors (Lipinski definition) is 1. The molecule has 23 heavy (non-hydrogen) atoms. The number of rotatable bonds is 7. The number of nitrogens with zero attached hydrogens (tertiary/aromatic N) is 1. The number of carbonyl (C=O) groups excluding carboxylic acids is 1. The van der Waals surface area contributed by atoms with Crippen molar-refractivity contribution in [3.05, 3.63) is 54.0 Å². The van der Waals surface area contributed by atoms with Gasteiger partial charge in [-0.3, -0.25) is 9.69 Å². The number of aryl methyl sites for hydroxylation is 1. The van der Waals surface area contributed by atoms with Crippen LogP contribution in [0, 0.1) is 6.92 Å². The minimum atomic E-state index is -0.154. The van der Waals surface area contributed by atoms with Gasteiger partial charge in [-0.05, 0) is 45.3 Å². The molecular weight excluding hydrogens is 316 g/mol. The number of carbonyl (C=O) groups is 1. The summed E-state index contributed by atoms with van der Waals surface area (Å²) < 4.78 is 10.9. The maximum absolute atomic E-state index is 11.9. The Morgan fingerprint density at radius 2 is 1.96 bits per heavy atom. The lowest BCUT2D eigenvalue weighted by Crippen LogP contribution is -2.36. The van der Waals surface area contributed by atoms with E-state index in [0.29, 0.717) is 12.3 Å². The third kappa shape index (κ3) is 5.96. The molecule has 0 spiro atoms. The molecule has 5 nitrogen and oxygen atoms in total. The standard InChI is InChI=1S/C17H22N2O3.ClH/c1-13-6-8-14(9-7-13)22-12-17(20)18-11-15(19(2)3)16-5-4-10-21-16;/h4-10,15H,11-12H2,1-3H3,(H,18,20);1H. The Labute approximate surface area is 143 Å². The predicted octanol–water partition coefficient (Wildman–Crippen LogP) is 2.81. The molecule has 2 aromatic rings. The van der Waals surface area contributed by atoms with Crippen LogP contribution in [0.5, 0.6) is 5.75 Å². The smallest absolute Gasteiger partial charge is 0.258 e. The minimum Gasteiger partial charge on any atom is -0.484 e. The van der Waals surface area contributed by atoms with Crippen molar-refractivity contribution in [2.45, 2.75) is 13.0 Å². The van der Waals surface area contributed by atoms with Crippen molar-refractivity contribution in [1.29, 1.82) is 0 Å². The van der Waals surface area contributed by atoms with Crippen LogP contribution in [0.4, 0.5) is 0 Å². The molecule has 126 valence electrons. The second-order valence-corrected chi connectivity index (χ2v) is 5.40. The highest BCUT2D eigenvalue weighted by atomic mass is 35.5. The summed E-state index contributed by atoms with van der Waals surface area (Å²) in [6, 6.07) is 11.4. The van der Waals surface area contributed by atoms with Crippen molar-refractivity contribution in [2.24, 2.45) is 0 Å². The molecule has 0 aliphatic rings. The van der Waals surface area contributed by atoms with E-state index in [4.69, 9.17) is 9.15 Å². The number of hydrogen-bond acceptors (Lipinski definition) is 4. The average Bonchev–Trinajstić information content (AvgIpc) is 3.00. The number of ether oxygens (including phenoxy) is 1. The van der Waals surface area contributed by atoms with E-state index < -0.39 is 0 Å². The SMILES string of the molecule is Cc1ccc(OCC(=O)NCC(c2ccco2)N(C)C)cc1.Cl. The van der Waals surface area contributed by atoms with Gasteiger partial charge in [-0.1, -0.05) is 17.7 Å². The molecular formula is C17H23ClN2O3. The lowest BCUT2D eigenvalue weighted by Gasteiger charge is -2.22. The molecule has 1 atom stereocenters. The van der Waals surface area contributed by atoms with Crippen LogP contribution >= 0.6 is 12.4 Å². The molecule has 1 aromatic carbocycles. The van der Waals surface area contributed by atoms with Gasteiger partial charge in [-0.25, -0.2) is 0 Å². The van der Waals surface area contributed by atoms with Crippen molar-refractivity contribution in [3.8, 4) is 5.75 Å². The van der Waals surface area contributed by atoms with Gasteiger partial charge in [0.05, 0.1) is 12.3 Å². The van der Waals surface area contributed by atoms with Crippen LogP contribution in [0.1, 0.15) is 17.4 Å². The molecule has 1 N–H and O–H groups in total. The van der Waals surface area contributed by atoms with E-state index in [1.807, 2.05) is 62.3 Å². The summed E-state index contributed by atoms with van der Waals surface area (Å²) in [6.45, 7) is 2.48. The summed E-state index contributed by atoms with van der Waals surface area (Å²) in [6.07, 6.45) is 1.63. The molecule has 1 unspecified atom stereocenters. The minimum absolute atomic E-state index is 0. The van der Waals surface area contributed by atoms with Crippen molar-refractivity contribution < 1.29 is 13.9 Å². The molecule has 0 aliphatic heterocycles. The van der Waals surface area contributed by atoms with Gasteiger partial charge in [0.15, 0.2) is 6.61 Å². The predicted molar refractivity (Wildman–Crippen MR) is 92.1 cm³/mol. The highest BCUT2D eigenvalue weighted by Crippen LogP contribution is 2.17. The zero-order valence-corrected chi connectivity index (χ0v) is 14.4. The largest absolute Gasteiger partial charge is 0.484 e. The number of nitrogens with one attached hydrogen (secondary N) is 1. The number of halogens is 1. The normalized spacial score (nSPS) is 11.7. The molecule has 1 heterocycles. The maximum Gasteiger partial charge on any atom is 0.258 e. The third-order valence-electron chi connectivity index (χ3n) is 3.38. The highest BCUT2D eigenvalue weighted by molar-refractivity contribution is 5.85. The van der Waals surface area contributed by atoms with E-state index in [2.05, 4.69) is 5.32 Å². The Hall–Kier alpha value is -1.98. The van der Waals surface area contributed by atoms with Crippen molar-refractivity contribution in [2.75, 3.05) is 27.2 Å². The number of amides is 1. The topological polar surface area (TPSA) is 54.7 Å². The summed E-state index contributed by atoms with van der Waals surface area (Å²) in [5.41, 5.74) is 1.16.